The number of rotatable bonds is 5. The number of hydrogen-bond donors (Lipinski definition) is 3. The van der Waals surface area contributed by atoms with Gasteiger partial charge in [0.2, 0.25) is 0 Å². The lowest BCUT2D eigenvalue weighted by Gasteiger charge is -2.28. The highest BCUT2D eigenvalue weighted by atomic mass is 19.1. The number of fused-ring (bicyclic) bond motifs is 1. The van der Waals surface area contributed by atoms with Crippen LogP contribution >= 0.6 is 0 Å². The van der Waals surface area contributed by atoms with Gasteiger partial charge in [0.15, 0.2) is 11.5 Å². The Morgan fingerprint density at radius 2 is 1.95 bits per heavy atom. The summed E-state index contributed by atoms with van der Waals surface area (Å²) in [5, 5.41) is 20.2. The number of anilines is 1. The Hall–Kier alpha value is -1.84. The van der Waals surface area contributed by atoms with Crippen LogP contribution in [0.5, 0.6) is 0 Å². The first-order chi connectivity index (χ1) is 9.86. The molecule has 0 fully saturated rings. The second-order valence-electron chi connectivity index (χ2n) is 4.86. The summed E-state index contributed by atoms with van der Waals surface area (Å²) in [6.07, 6.45) is -2.45. The third-order valence-electron chi connectivity index (χ3n) is 3.56. The molecular weight excluding hydrogens is 281 g/mol. The highest BCUT2D eigenvalue weighted by Crippen LogP contribution is 2.23. The molecule has 9 heteroatoms. The molecule has 4 N–H and O–H groups in total. The highest BCUT2D eigenvalue weighted by molar-refractivity contribution is 5.81. The number of nitrogens with two attached hydrogens (primary N) is 1. The average Bonchev–Trinajstić information content (AvgIpc) is 2.87. The number of nitrogen functional groups attached to an aromatic ring is 1. The Morgan fingerprint density at radius 3 is 2.57 bits per heavy atom. The summed E-state index contributed by atoms with van der Waals surface area (Å²) in [7, 11) is 1.43. The Bertz CT molecular complexity index is 635. The number of methoxy groups -OCH3 is 1. The van der Waals surface area contributed by atoms with E-state index in [9.17, 15) is 14.6 Å². The minimum atomic E-state index is -1.16. The molecule has 2 aromatic rings. The van der Waals surface area contributed by atoms with Crippen molar-refractivity contribution >= 4 is 17.0 Å². The summed E-state index contributed by atoms with van der Waals surface area (Å²) >= 11 is 0. The van der Waals surface area contributed by atoms with Crippen LogP contribution in [0.2, 0.25) is 0 Å². The van der Waals surface area contributed by atoms with E-state index in [2.05, 4.69) is 15.0 Å². The van der Waals surface area contributed by atoms with Crippen LogP contribution in [0.4, 0.5) is 10.2 Å². The number of hydrogen-bond acceptors (Lipinski definition) is 7. The second kappa shape index (κ2) is 5.88. The van der Waals surface area contributed by atoms with Crippen molar-refractivity contribution in [3.05, 3.63) is 12.4 Å². The van der Waals surface area contributed by atoms with Crippen molar-refractivity contribution < 1.29 is 19.3 Å². The van der Waals surface area contributed by atoms with Crippen LogP contribution in [-0.2, 0) is 4.74 Å². The van der Waals surface area contributed by atoms with Gasteiger partial charge in [0, 0.05) is 7.11 Å². The minimum absolute atomic E-state index is 0.0799. The van der Waals surface area contributed by atoms with Gasteiger partial charge in [0.25, 0.3) is 0 Å². The fraction of sp³-hybridized carbons (Fsp3) is 0.583. The molecule has 0 saturated heterocycles. The minimum Gasteiger partial charge on any atom is -0.388 e. The van der Waals surface area contributed by atoms with E-state index < -0.39 is 30.4 Å². The predicted molar refractivity (Wildman–Crippen MR) is 72.9 cm³/mol. The molecular formula is C12H18FN5O3. The van der Waals surface area contributed by atoms with Gasteiger partial charge in [0.1, 0.15) is 17.7 Å². The van der Waals surface area contributed by atoms with Gasteiger partial charge >= 0.3 is 6.08 Å². The molecule has 0 aliphatic rings. The Kier molecular flexibility index (Phi) is 4.35. The number of aliphatic hydroxyl groups is 2. The summed E-state index contributed by atoms with van der Waals surface area (Å²) < 4.78 is 19.7. The normalized spacial score (nSPS) is 17.6. The van der Waals surface area contributed by atoms with Crippen molar-refractivity contribution in [1.29, 1.82) is 0 Å². The van der Waals surface area contributed by atoms with Crippen LogP contribution in [-0.4, -0.2) is 55.2 Å². The maximum Gasteiger partial charge on any atom is 0.312 e. The second-order valence-corrected chi connectivity index (χ2v) is 4.86. The van der Waals surface area contributed by atoms with Crippen molar-refractivity contribution in [2.24, 2.45) is 0 Å². The van der Waals surface area contributed by atoms with E-state index in [4.69, 9.17) is 10.5 Å². The number of nitrogens with zero attached hydrogens (tertiary/aromatic N) is 4. The SMILES string of the molecule is COC(C)C(O)C(O)C(C)n1cnc2c(N)nc(F)nc21. The van der Waals surface area contributed by atoms with Gasteiger partial charge in [-0.15, -0.1) is 0 Å². The zero-order valence-electron chi connectivity index (χ0n) is 11.9. The van der Waals surface area contributed by atoms with Gasteiger partial charge in [-0.05, 0) is 13.8 Å². The number of halogens is 1. The first-order valence-corrected chi connectivity index (χ1v) is 6.41. The molecule has 2 aromatic heterocycles. The summed E-state index contributed by atoms with van der Waals surface area (Å²) in [5.41, 5.74) is 5.97. The third-order valence-corrected chi connectivity index (χ3v) is 3.56. The van der Waals surface area contributed by atoms with E-state index in [0.29, 0.717) is 0 Å². The van der Waals surface area contributed by atoms with Gasteiger partial charge in [-0.25, -0.2) is 4.98 Å². The third kappa shape index (κ3) is 2.80. The molecule has 0 aliphatic heterocycles. The zero-order valence-corrected chi connectivity index (χ0v) is 11.9. The lowest BCUT2D eigenvalue weighted by Crippen LogP contribution is -2.41. The van der Waals surface area contributed by atoms with Crippen LogP contribution in [0.3, 0.4) is 0 Å². The quantitative estimate of drug-likeness (QED) is 0.658. The summed E-state index contributed by atoms with van der Waals surface area (Å²) in [5.74, 6) is -0.0799. The number of ether oxygens (including phenoxy) is 1. The first-order valence-electron chi connectivity index (χ1n) is 6.41. The fourth-order valence-electron chi connectivity index (χ4n) is 2.08. The van der Waals surface area contributed by atoms with Crippen LogP contribution in [0.1, 0.15) is 19.9 Å². The molecule has 116 valence electrons. The smallest absolute Gasteiger partial charge is 0.312 e. The number of aromatic nitrogens is 4. The zero-order chi connectivity index (χ0) is 15.7. The first kappa shape index (κ1) is 15.5. The monoisotopic (exact) mass is 299 g/mol. The largest absolute Gasteiger partial charge is 0.388 e. The Labute approximate surface area is 120 Å². The van der Waals surface area contributed by atoms with Gasteiger partial charge in [-0.2, -0.15) is 14.4 Å². The van der Waals surface area contributed by atoms with Crippen LogP contribution in [0.15, 0.2) is 6.33 Å². The van der Waals surface area contributed by atoms with Gasteiger partial charge in [-0.3, -0.25) is 0 Å². The molecule has 2 rings (SSSR count). The molecule has 4 unspecified atom stereocenters. The molecule has 2 heterocycles. The van der Waals surface area contributed by atoms with E-state index in [0.717, 1.165) is 0 Å². The molecule has 0 spiro atoms. The fourth-order valence-corrected chi connectivity index (χ4v) is 2.08. The molecule has 0 aromatic carbocycles. The van der Waals surface area contributed by atoms with Crippen LogP contribution < -0.4 is 5.73 Å². The molecule has 0 saturated carbocycles. The topological polar surface area (TPSA) is 119 Å². The Balaban J connectivity index is 2.37. The van der Waals surface area contributed by atoms with Gasteiger partial charge in [-0.1, -0.05) is 0 Å². The van der Waals surface area contributed by atoms with Gasteiger partial charge in [0.05, 0.1) is 18.5 Å². The van der Waals surface area contributed by atoms with Gasteiger partial charge < -0.3 is 25.3 Å². The molecule has 0 amide bonds. The van der Waals surface area contributed by atoms with E-state index in [1.54, 1.807) is 13.8 Å². The summed E-state index contributed by atoms with van der Waals surface area (Å²) in [4.78, 5) is 11.0. The van der Waals surface area contributed by atoms with Crippen molar-refractivity contribution in [1.82, 2.24) is 19.5 Å². The van der Waals surface area contributed by atoms with Crippen LogP contribution in [0.25, 0.3) is 11.2 Å². The van der Waals surface area contributed by atoms with Crippen molar-refractivity contribution in [3.8, 4) is 0 Å². The molecule has 4 atom stereocenters. The maximum atomic E-state index is 13.3. The summed E-state index contributed by atoms with van der Waals surface area (Å²) in [6.45, 7) is 3.28. The lowest BCUT2D eigenvalue weighted by molar-refractivity contribution is -0.0818. The standard InChI is InChI=1S/C12H18FN5O3/c1-5(8(19)9(20)6(2)21-3)18-4-15-7-10(14)16-12(13)17-11(7)18/h4-6,8-9,19-20H,1-3H3,(H2,14,16,17). The predicted octanol–water partition coefficient (Wildman–Crippen LogP) is -0.135. The van der Waals surface area contributed by atoms with Crippen molar-refractivity contribution in [2.75, 3.05) is 12.8 Å². The molecule has 0 bridgehead atoms. The van der Waals surface area contributed by atoms with E-state index >= 15 is 0 Å². The lowest BCUT2D eigenvalue weighted by atomic mass is 10.0. The molecule has 0 radical (unpaired) electrons. The summed E-state index contributed by atoms with van der Waals surface area (Å²) in [6, 6.07) is -0.615. The van der Waals surface area contributed by atoms with E-state index in [1.165, 1.54) is 18.0 Å². The van der Waals surface area contributed by atoms with Crippen molar-refractivity contribution in [2.45, 2.75) is 38.2 Å². The number of aliphatic hydroxyl groups excluding tert-OH is 2. The Morgan fingerprint density at radius 1 is 1.29 bits per heavy atom. The van der Waals surface area contributed by atoms with Crippen LogP contribution in [0, 0.1) is 6.08 Å². The van der Waals surface area contributed by atoms with E-state index in [-0.39, 0.29) is 17.0 Å². The maximum absolute atomic E-state index is 13.3. The number of imidazole rings is 1. The average molecular weight is 299 g/mol. The van der Waals surface area contributed by atoms with E-state index in [1.807, 2.05) is 0 Å². The van der Waals surface area contributed by atoms with Crippen molar-refractivity contribution in [3.63, 3.8) is 0 Å². The highest BCUT2D eigenvalue weighted by Gasteiger charge is 2.30. The molecule has 21 heavy (non-hydrogen) atoms. The molecule has 0 aliphatic carbocycles. The molecule has 8 nitrogen and oxygen atoms in total.